The Balaban J connectivity index is 1.91. The minimum absolute atomic E-state index is 0.619. The molecule has 1 unspecified atom stereocenters. The van der Waals surface area contributed by atoms with E-state index < -0.39 is 5.97 Å². The van der Waals surface area contributed by atoms with Gasteiger partial charge in [-0.3, -0.25) is 4.90 Å². The molecular weight excluding hydrogens is 272 g/mol. The number of carbonyl (C=O) groups is 1. The number of likely N-dealkylation sites (N-methyl/N-ethyl adjacent to an activating group) is 2. The van der Waals surface area contributed by atoms with Crippen molar-refractivity contribution in [3.05, 3.63) is 28.0 Å². The van der Waals surface area contributed by atoms with Crippen LogP contribution >= 0.6 is 11.3 Å². The Hall–Kier alpha value is -1.17. The summed E-state index contributed by atoms with van der Waals surface area (Å²) in [6.07, 6.45) is 5.38. The molecule has 0 spiro atoms. The third-order valence-electron chi connectivity index (χ3n) is 3.70. The Bertz CT molecular complexity index is 484. The molecule has 2 heterocycles. The highest BCUT2D eigenvalue weighted by molar-refractivity contribution is 7.12. The molecule has 0 aliphatic carbocycles. The molecule has 1 aromatic heterocycles. The van der Waals surface area contributed by atoms with Crippen LogP contribution in [0, 0.1) is 0 Å². The van der Waals surface area contributed by atoms with E-state index in [1.165, 1.54) is 30.3 Å². The van der Waals surface area contributed by atoms with Gasteiger partial charge < -0.3 is 10.0 Å². The molecule has 5 heteroatoms. The SMILES string of the molecule is CN1CCCC(N(C)Cc2ccc(C=CC(=O)O)s2)C1. The van der Waals surface area contributed by atoms with Gasteiger partial charge in [-0.15, -0.1) is 11.3 Å². The normalized spacial score (nSPS) is 20.9. The lowest BCUT2D eigenvalue weighted by atomic mass is 10.1. The van der Waals surface area contributed by atoms with Crippen LogP contribution in [0.5, 0.6) is 0 Å². The topological polar surface area (TPSA) is 43.8 Å². The van der Waals surface area contributed by atoms with Gasteiger partial charge in [-0.1, -0.05) is 0 Å². The van der Waals surface area contributed by atoms with Gasteiger partial charge in [0.15, 0.2) is 0 Å². The Morgan fingerprint density at radius 2 is 2.40 bits per heavy atom. The largest absolute Gasteiger partial charge is 0.478 e. The molecule has 0 bridgehead atoms. The van der Waals surface area contributed by atoms with Gasteiger partial charge in [0.1, 0.15) is 0 Å². The van der Waals surface area contributed by atoms with Crippen molar-refractivity contribution < 1.29 is 9.90 Å². The number of aliphatic carboxylic acids is 1. The molecule has 1 atom stereocenters. The van der Waals surface area contributed by atoms with Crippen LogP contribution in [0.2, 0.25) is 0 Å². The zero-order valence-corrected chi connectivity index (χ0v) is 12.9. The fourth-order valence-corrected chi connectivity index (χ4v) is 3.58. The predicted octanol–water partition coefficient (Wildman–Crippen LogP) is 2.37. The molecule has 1 aliphatic rings. The van der Waals surface area contributed by atoms with Gasteiger partial charge in [0.25, 0.3) is 0 Å². The van der Waals surface area contributed by atoms with Crippen LogP contribution in [-0.4, -0.2) is 54.1 Å². The molecule has 2 rings (SSSR count). The lowest BCUT2D eigenvalue weighted by molar-refractivity contribution is -0.131. The second-order valence-electron chi connectivity index (χ2n) is 5.45. The number of thiophene rings is 1. The summed E-state index contributed by atoms with van der Waals surface area (Å²) in [7, 11) is 4.36. The van der Waals surface area contributed by atoms with Crippen LogP contribution in [0.1, 0.15) is 22.6 Å². The molecule has 1 aromatic rings. The molecular formula is C15H22N2O2S. The summed E-state index contributed by atoms with van der Waals surface area (Å²) in [5, 5.41) is 8.63. The molecule has 110 valence electrons. The van der Waals surface area contributed by atoms with Gasteiger partial charge in [-0.05, 0) is 51.7 Å². The summed E-state index contributed by atoms with van der Waals surface area (Å²) in [6.45, 7) is 3.27. The highest BCUT2D eigenvalue weighted by Gasteiger charge is 2.21. The van der Waals surface area contributed by atoms with Crippen molar-refractivity contribution in [3.8, 4) is 0 Å². The van der Waals surface area contributed by atoms with Crippen LogP contribution in [0.4, 0.5) is 0 Å². The Labute approximate surface area is 124 Å². The van der Waals surface area contributed by atoms with E-state index in [9.17, 15) is 4.79 Å². The molecule has 0 aromatic carbocycles. The molecule has 1 saturated heterocycles. The van der Waals surface area contributed by atoms with Crippen molar-refractivity contribution in [1.29, 1.82) is 0 Å². The van der Waals surface area contributed by atoms with Crippen molar-refractivity contribution in [2.75, 3.05) is 27.2 Å². The van der Waals surface area contributed by atoms with Crippen molar-refractivity contribution in [1.82, 2.24) is 9.80 Å². The summed E-state index contributed by atoms with van der Waals surface area (Å²) < 4.78 is 0. The van der Waals surface area contributed by atoms with Crippen LogP contribution in [0.25, 0.3) is 6.08 Å². The summed E-state index contributed by atoms with van der Waals surface area (Å²) in [4.78, 5) is 17.6. The maximum Gasteiger partial charge on any atom is 0.328 e. The number of likely N-dealkylation sites (tertiary alicyclic amines) is 1. The van der Waals surface area contributed by atoms with Crippen molar-refractivity contribution in [3.63, 3.8) is 0 Å². The molecule has 0 saturated carbocycles. The quantitative estimate of drug-likeness (QED) is 0.847. The maximum atomic E-state index is 10.5. The summed E-state index contributed by atoms with van der Waals surface area (Å²) in [6, 6.07) is 4.70. The van der Waals surface area contributed by atoms with Gasteiger partial charge in [-0.25, -0.2) is 4.79 Å². The number of hydrogen-bond acceptors (Lipinski definition) is 4. The lowest BCUT2D eigenvalue weighted by Gasteiger charge is -2.35. The van der Waals surface area contributed by atoms with Gasteiger partial charge in [0.2, 0.25) is 0 Å². The van der Waals surface area contributed by atoms with E-state index in [2.05, 4.69) is 30.0 Å². The highest BCUT2D eigenvalue weighted by Crippen LogP contribution is 2.22. The molecule has 1 aliphatic heterocycles. The zero-order valence-electron chi connectivity index (χ0n) is 12.1. The molecule has 4 nitrogen and oxygen atoms in total. The van der Waals surface area contributed by atoms with Crippen LogP contribution in [-0.2, 0) is 11.3 Å². The van der Waals surface area contributed by atoms with E-state index in [1.54, 1.807) is 17.4 Å². The molecule has 0 amide bonds. The minimum atomic E-state index is -0.901. The number of rotatable bonds is 5. The van der Waals surface area contributed by atoms with Crippen LogP contribution < -0.4 is 0 Å². The second kappa shape index (κ2) is 7.02. The van der Waals surface area contributed by atoms with E-state index in [0.29, 0.717) is 6.04 Å². The van der Waals surface area contributed by atoms with Gasteiger partial charge in [0.05, 0.1) is 0 Å². The van der Waals surface area contributed by atoms with Gasteiger partial charge in [0, 0.05) is 35.0 Å². The van der Waals surface area contributed by atoms with E-state index >= 15 is 0 Å². The first-order valence-electron chi connectivity index (χ1n) is 6.93. The Morgan fingerprint density at radius 3 is 3.10 bits per heavy atom. The summed E-state index contributed by atoms with van der Waals surface area (Å²) in [5.74, 6) is -0.901. The van der Waals surface area contributed by atoms with E-state index in [1.807, 2.05) is 6.07 Å². The second-order valence-corrected chi connectivity index (χ2v) is 6.65. The van der Waals surface area contributed by atoms with Crippen molar-refractivity contribution in [2.45, 2.75) is 25.4 Å². The number of carboxylic acids is 1. The Morgan fingerprint density at radius 1 is 1.60 bits per heavy atom. The monoisotopic (exact) mass is 294 g/mol. The maximum absolute atomic E-state index is 10.5. The number of hydrogen-bond donors (Lipinski definition) is 1. The van der Waals surface area contributed by atoms with E-state index in [0.717, 1.165) is 18.0 Å². The number of nitrogens with zero attached hydrogens (tertiary/aromatic N) is 2. The lowest BCUT2D eigenvalue weighted by Crippen LogP contribution is -2.44. The predicted molar refractivity (Wildman–Crippen MR) is 83.0 cm³/mol. The third-order valence-corrected chi connectivity index (χ3v) is 4.74. The van der Waals surface area contributed by atoms with Crippen molar-refractivity contribution >= 4 is 23.4 Å². The van der Waals surface area contributed by atoms with Gasteiger partial charge in [-0.2, -0.15) is 0 Å². The fourth-order valence-electron chi connectivity index (χ4n) is 2.60. The zero-order chi connectivity index (χ0) is 14.5. The summed E-state index contributed by atoms with van der Waals surface area (Å²) in [5.41, 5.74) is 0. The molecule has 20 heavy (non-hydrogen) atoms. The Kier molecular flexibility index (Phi) is 5.34. The molecule has 1 N–H and O–H groups in total. The molecule has 0 radical (unpaired) electrons. The first-order valence-corrected chi connectivity index (χ1v) is 7.75. The van der Waals surface area contributed by atoms with Crippen LogP contribution in [0.3, 0.4) is 0 Å². The van der Waals surface area contributed by atoms with Crippen molar-refractivity contribution in [2.24, 2.45) is 0 Å². The van der Waals surface area contributed by atoms with Gasteiger partial charge >= 0.3 is 5.97 Å². The fraction of sp³-hybridized carbons (Fsp3) is 0.533. The standard InChI is InChI=1S/C15H22N2O2S/c1-16-9-3-4-12(10-16)17(2)11-14-6-5-13(20-14)7-8-15(18)19/h5-8,12H,3-4,9-11H2,1-2H3,(H,18,19). The number of carboxylic acid groups (broad SMARTS) is 1. The first kappa shape index (κ1) is 15.2. The highest BCUT2D eigenvalue weighted by atomic mass is 32.1. The third kappa shape index (κ3) is 4.44. The average Bonchev–Trinajstić information content (AvgIpc) is 2.84. The smallest absolute Gasteiger partial charge is 0.328 e. The van der Waals surface area contributed by atoms with Crippen LogP contribution in [0.15, 0.2) is 18.2 Å². The van der Waals surface area contributed by atoms with E-state index in [-0.39, 0.29) is 0 Å². The first-order chi connectivity index (χ1) is 9.54. The average molecular weight is 294 g/mol. The van der Waals surface area contributed by atoms with E-state index in [4.69, 9.17) is 5.11 Å². The molecule has 1 fully saturated rings. The minimum Gasteiger partial charge on any atom is -0.478 e. The summed E-state index contributed by atoms with van der Waals surface area (Å²) >= 11 is 1.66. The number of piperidine rings is 1.